The van der Waals surface area contributed by atoms with Gasteiger partial charge in [0.1, 0.15) is 23.9 Å². The molecule has 0 spiro atoms. The quantitative estimate of drug-likeness (QED) is 0.174. The summed E-state index contributed by atoms with van der Waals surface area (Å²) >= 11 is 0. The Bertz CT molecular complexity index is 1950. The molecule has 0 saturated carbocycles. The highest BCUT2D eigenvalue weighted by Gasteiger charge is 2.36. The lowest BCUT2D eigenvalue weighted by atomic mass is 9.93. The molecule has 1 atom stereocenters. The van der Waals surface area contributed by atoms with Gasteiger partial charge in [-0.15, -0.1) is 10.2 Å². The van der Waals surface area contributed by atoms with Crippen LogP contribution < -0.4 is 4.74 Å². The number of hydrogen-bond donors (Lipinski definition) is 1. The Morgan fingerprint density at radius 2 is 1.73 bits per heavy atom. The first-order valence-electron chi connectivity index (χ1n) is 15.6. The minimum Gasteiger partial charge on any atom is -0.473 e. The van der Waals surface area contributed by atoms with Gasteiger partial charge < -0.3 is 19.0 Å². The minimum absolute atomic E-state index is 0.0102. The zero-order chi connectivity index (χ0) is 34.3. The summed E-state index contributed by atoms with van der Waals surface area (Å²) in [5, 5.41) is 6.81. The molecule has 1 N–H and O–H groups in total. The lowest BCUT2D eigenvalue weighted by molar-refractivity contribution is -0.144. The number of imidazole rings is 1. The summed E-state index contributed by atoms with van der Waals surface area (Å²) in [5.74, 6) is -1.16. The van der Waals surface area contributed by atoms with Crippen LogP contribution in [0.4, 0.5) is 30.7 Å². The first-order chi connectivity index (χ1) is 23.4. The van der Waals surface area contributed by atoms with Gasteiger partial charge in [0.05, 0.1) is 42.0 Å². The van der Waals surface area contributed by atoms with E-state index < -0.39 is 29.6 Å². The number of ether oxygens (including phenoxy) is 2. The Labute approximate surface area is 274 Å². The zero-order valence-corrected chi connectivity index (χ0v) is 25.7. The predicted molar refractivity (Wildman–Crippen MR) is 159 cm³/mol. The lowest BCUT2D eigenvalue weighted by Crippen LogP contribution is -2.35. The van der Waals surface area contributed by atoms with Gasteiger partial charge in [-0.3, -0.25) is 9.88 Å². The first-order valence-corrected chi connectivity index (χ1v) is 15.6. The van der Waals surface area contributed by atoms with Crippen LogP contribution >= 0.6 is 0 Å². The average Bonchev–Trinajstić information content (AvgIpc) is 3.67. The largest absolute Gasteiger partial charge is 0.473 e. The summed E-state index contributed by atoms with van der Waals surface area (Å²) in [7, 11) is 0. The number of halogens is 7. The standard InChI is InChI=1S/C32H29F7N8O2/c33-22-12-20(31(34,35)36)5-4-19(22)17-49-28-3-1-2-23(42-28)18-6-9-46(10-7-18)16-27-41-24-13-25(29-43-30(45-44-29)32(37,38)39)40-14-26(24)47(27)15-21-8-11-48-21/h1-5,12-14,18,21H,6-11,15-17H2,(H,43,44,45)/t21-/m0/s1. The van der Waals surface area contributed by atoms with Crippen molar-refractivity contribution >= 4 is 11.0 Å². The lowest BCUT2D eigenvalue weighted by Gasteiger charge is -2.32. The predicted octanol–water partition coefficient (Wildman–Crippen LogP) is 6.54. The van der Waals surface area contributed by atoms with Crippen LogP contribution in [-0.2, 0) is 36.8 Å². The van der Waals surface area contributed by atoms with E-state index in [2.05, 4.69) is 30.0 Å². The Hall–Kier alpha value is -4.64. The van der Waals surface area contributed by atoms with Crippen molar-refractivity contribution in [3.8, 4) is 17.4 Å². The second-order valence-electron chi connectivity index (χ2n) is 12.0. The number of nitrogens with zero attached hydrogens (tertiary/aromatic N) is 7. The molecular formula is C32H29F7N8O2. The maximum absolute atomic E-state index is 14.3. The van der Waals surface area contributed by atoms with Crippen molar-refractivity contribution in [2.75, 3.05) is 19.7 Å². The van der Waals surface area contributed by atoms with Crippen molar-refractivity contribution in [2.45, 2.75) is 63.3 Å². The zero-order valence-electron chi connectivity index (χ0n) is 25.7. The van der Waals surface area contributed by atoms with Gasteiger partial charge in [-0.1, -0.05) is 12.1 Å². The van der Waals surface area contributed by atoms with E-state index in [1.165, 1.54) is 0 Å². The molecule has 0 radical (unpaired) electrons. The molecule has 258 valence electrons. The van der Waals surface area contributed by atoms with Crippen LogP contribution in [0.15, 0.2) is 48.7 Å². The Morgan fingerprint density at radius 1 is 0.939 bits per heavy atom. The summed E-state index contributed by atoms with van der Waals surface area (Å²) in [6.45, 7) is 2.98. The molecule has 7 rings (SSSR count). The second kappa shape index (κ2) is 13.0. The van der Waals surface area contributed by atoms with Crippen molar-refractivity contribution in [1.82, 2.24) is 39.6 Å². The number of piperidine rings is 1. The van der Waals surface area contributed by atoms with Crippen molar-refractivity contribution in [3.63, 3.8) is 0 Å². The number of aromatic nitrogens is 7. The smallest absolute Gasteiger partial charge is 0.451 e. The molecule has 6 heterocycles. The molecule has 2 aliphatic heterocycles. The maximum atomic E-state index is 14.3. The summed E-state index contributed by atoms with van der Waals surface area (Å²) in [4.78, 5) is 18.2. The van der Waals surface area contributed by atoms with E-state index in [0.717, 1.165) is 61.5 Å². The van der Waals surface area contributed by atoms with E-state index in [1.54, 1.807) is 24.4 Å². The summed E-state index contributed by atoms with van der Waals surface area (Å²) in [6.07, 6.45) is -5.21. The number of aromatic amines is 1. The van der Waals surface area contributed by atoms with Crippen molar-refractivity contribution < 1.29 is 40.2 Å². The van der Waals surface area contributed by atoms with E-state index in [1.807, 2.05) is 10.6 Å². The van der Waals surface area contributed by atoms with Crippen molar-refractivity contribution in [3.05, 3.63) is 82.9 Å². The van der Waals surface area contributed by atoms with Crippen molar-refractivity contribution in [1.29, 1.82) is 0 Å². The molecule has 0 aliphatic carbocycles. The molecule has 1 aromatic carbocycles. The molecule has 5 aromatic rings. The van der Waals surface area contributed by atoms with Gasteiger partial charge in [0.2, 0.25) is 11.7 Å². The van der Waals surface area contributed by atoms with E-state index in [0.29, 0.717) is 31.3 Å². The maximum Gasteiger partial charge on any atom is 0.451 e. The molecule has 17 heteroatoms. The molecule has 2 fully saturated rings. The van der Waals surface area contributed by atoms with E-state index in [9.17, 15) is 30.7 Å². The van der Waals surface area contributed by atoms with E-state index in [-0.39, 0.29) is 41.6 Å². The van der Waals surface area contributed by atoms with Crippen LogP contribution in [-0.4, -0.2) is 65.4 Å². The molecule has 0 unspecified atom stereocenters. The van der Waals surface area contributed by atoms with Crippen LogP contribution in [0.1, 0.15) is 53.7 Å². The highest BCUT2D eigenvalue weighted by molar-refractivity contribution is 5.78. The van der Waals surface area contributed by atoms with Crippen LogP contribution in [0.5, 0.6) is 5.88 Å². The number of alkyl halides is 6. The summed E-state index contributed by atoms with van der Waals surface area (Å²) in [6, 6.07) is 9.22. The SMILES string of the molecule is Fc1cc(C(F)(F)F)ccc1COc1cccc(C2CCN(Cc3nc4cc(-c5nnc(C(F)(F)F)[nH]5)ncc4n3C[C@@H]3CCO3)CC2)n1. The number of benzene rings is 1. The van der Waals surface area contributed by atoms with Gasteiger partial charge in [-0.05, 0) is 56.6 Å². The number of rotatable bonds is 9. The van der Waals surface area contributed by atoms with Crippen LogP contribution in [0, 0.1) is 5.82 Å². The number of likely N-dealkylation sites (tertiary alicyclic amines) is 1. The second-order valence-corrected chi connectivity index (χ2v) is 12.0. The molecule has 0 bridgehead atoms. The highest BCUT2D eigenvalue weighted by atomic mass is 19.4. The topological polar surface area (TPSA) is 107 Å². The van der Waals surface area contributed by atoms with Crippen LogP contribution in [0.25, 0.3) is 22.6 Å². The molecule has 49 heavy (non-hydrogen) atoms. The third-order valence-corrected chi connectivity index (χ3v) is 8.76. The Balaban J connectivity index is 1.01. The molecular weight excluding hydrogens is 661 g/mol. The number of nitrogens with one attached hydrogen (secondary N) is 1. The third-order valence-electron chi connectivity index (χ3n) is 8.76. The molecule has 2 aliphatic rings. The van der Waals surface area contributed by atoms with Gasteiger partial charge in [0.25, 0.3) is 0 Å². The van der Waals surface area contributed by atoms with Gasteiger partial charge in [0.15, 0.2) is 5.82 Å². The fraction of sp³-hybridized carbons (Fsp3) is 0.406. The fourth-order valence-corrected chi connectivity index (χ4v) is 5.98. The first kappa shape index (κ1) is 32.9. The van der Waals surface area contributed by atoms with Gasteiger partial charge >= 0.3 is 12.4 Å². The Morgan fingerprint density at radius 3 is 2.41 bits per heavy atom. The monoisotopic (exact) mass is 690 g/mol. The molecule has 10 nitrogen and oxygen atoms in total. The Kier molecular flexibility index (Phi) is 8.73. The normalized spacial score (nSPS) is 17.8. The minimum atomic E-state index is -4.66. The average molecular weight is 691 g/mol. The molecule has 0 amide bonds. The van der Waals surface area contributed by atoms with Gasteiger partial charge in [-0.25, -0.2) is 14.4 Å². The van der Waals surface area contributed by atoms with E-state index >= 15 is 0 Å². The highest BCUT2D eigenvalue weighted by Crippen LogP contribution is 2.33. The molecule has 2 saturated heterocycles. The third kappa shape index (κ3) is 7.22. The van der Waals surface area contributed by atoms with Crippen LogP contribution in [0.3, 0.4) is 0 Å². The number of fused-ring (bicyclic) bond motifs is 1. The number of pyridine rings is 2. The summed E-state index contributed by atoms with van der Waals surface area (Å²) in [5.41, 5.74) is 1.22. The van der Waals surface area contributed by atoms with Crippen molar-refractivity contribution in [2.24, 2.45) is 0 Å². The van der Waals surface area contributed by atoms with Gasteiger partial charge in [-0.2, -0.15) is 26.3 Å². The van der Waals surface area contributed by atoms with Crippen LogP contribution in [0.2, 0.25) is 0 Å². The van der Waals surface area contributed by atoms with Gasteiger partial charge in [0, 0.05) is 29.8 Å². The molecule has 4 aromatic heterocycles. The van der Waals surface area contributed by atoms with E-state index in [4.69, 9.17) is 14.5 Å². The fourth-order valence-electron chi connectivity index (χ4n) is 5.98. The number of hydrogen-bond acceptors (Lipinski definition) is 8. The summed E-state index contributed by atoms with van der Waals surface area (Å²) < 4.78 is 105. The number of H-pyrrole nitrogens is 1.